The highest BCUT2D eigenvalue weighted by molar-refractivity contribution is 5.98. The fourth-order valence-electron chi connectivity index (χ4n) is 3.60. The number of hydrogen-bond acceptors (Lipinski definition) is 4. The Balaban J connectivity index is 1.55. The van der Waals surface area contributed by atoms with Crippen LogP contribution in [0.25, 0.3) is 0 Å². The number of likely N-dealkylation sites (N-methyl/N-ethyl adjacent to an activating group) is 1. The number of nitrogens with zero attached hydrogens (tertiary/aromatic N) is 1. The van der Waals surface area contributed by atoms with Crippen LogP contribution in [0.1, 0.15) is 27.0 Å². The van der Waals surface area contributed by atoms with Gasteiger partial charge in [-0.3, -0.25) is 9.69 Å². The zero-order valence-electron chi connectivity index (χ0n) is 19.8. The van der Waals surface area contributed by atoms with Gasteiger partial charge < -0.3 is 9.47 Å². The number of carbonyl (C=O) groups excluding carboxylic acids is 1. The summed E-state index contributed by atoms with van der Waals surface area (Å²) in [4.78, 5) is 15.1. The highest BCUT2D eigenvalue weighted by atomic mass is 16.5. The first-order valence-corrected chi connectivity index (χ1v) is 11.3. The first-order valence-electron chi connectivity index (χ1n) is 11.3. The molecule has 0 N–H and O–H groups in total. The molecule has 4 aromatic rings. The molecule has 4 nitrogen and oxygen atoms in total. The average Bonchev–Trinajstić information content (AvgIpc) is 2.83. The smallest absolute Gasteiger partial charge is 0.176 e. The Hall–Kier alpha value is -3.89. The third kappa shape index (κ3) is 6.33. The van der Waals surface area contributed by atoms with E-state index in [1.165, 1.54) is 5.56 Å². The molecule has 0 aliphatic heterocycles. The largest absolute Gasteiger partial charge is 0.453 e. The lowest BCUT2D eigenvalue weighted by atomic mass is 10.1. The third-order valence-electron chi connectivity index (χ3n) is 5.47. The van der Waals surface area contributed by atoms with Gasteiger partial charge in [0.25, 0.3) is 0 Å². The van der Waals surface area contributed by atoms with Crippen molar-refractivity contribution in [2.45, 2.75) is 20.4 Å². The maximum atomic E-state index is 13.1. The molecular formula is C30H29NO3. The fraction of sp³-hybridized carbons (Fsp3) is 0.167. The van der Waals surface area contributed by atoms with Crippen LogP contribution in [0.15, 0.2) is 97.1 Å². The maximum absolute atomic E-state index is 13.1. The minimum atomic E-state index is 0.0223. The molecule has 0 fully saturated rings. The van der Waals surface area contributed by atoms with E-state index in [0.717, 1.165) is 11.1 Å². The van der Waals surface area contributed by atoms with Crippen molar-refractivity contribution >= 4 is 5.78 Å². The Kier molecular flexibility index (Phi) is 7.41. The summed E-state index contributed by atoms with van der Waals surface area (Å²) < 4.78 is 12.3. The van der Waals surface area contributed by atoms with Crippen molar-refractivity contribution < 1.29 is 14.3 Å². The lowest BCUT2D eigenvalue weighted by molar-refractivity contribution is 0.0942. The minimum absolute atomic E-state index is 0.0223. The average molecular weight is 452 g/mol. The Morgan fingerprint density at radius 1 is 0.706 bits per heavy atom. The molecular weight excluding hydrogens is 422 g/mol. The molecule has 0 spiro atoms. The van der Waals surface area contributed by atoms with Crippen LogP contribution in [0.4, 0.5) is 0 Å². The third-order valence-corrected chi connectivity index (χ3v) is 5.47. The molecule has 0 radical (unpaired) electrons. The van der Waals surface area contributed by atoms with Crippen LogP contribution in [0.3, 0.4) is 0 Å². The molecule has 0 saturated heterocycles. The van der Waals surface area contributed by atoms with Gasteiger partial charge in [0.05, 0.1) is 6.54 Å². The molecule has 0 amide bonds. The number of Topliss-reactive ketones (excluding diaryl/α,β-unsaturated/α-hetero) is 1. The zero-order valence-corrected chi connectivity index (χ0v) is 19.8. The van der Waals surface area contributed by atoms with Crippen molar-refractivity contribution in [2.24, 2.45) is 0 Å². The molecule has 0 aromatic heterocycles. The van der Waals surface area contributed by atoms with Crippen molar-refractivity contribution in [3.63, 3.8) is 0 Å². The number of rotatable bonds is 9. The summed E-state index contributed by atoms with van der Waals surface area (Å²) in [7, 11) is 1.95. The molecule has 4 aromatic carbocycles. The van der Waals surface area contributed by atoms with Gasteiger partial charge >= 0.3 is 0 Å². The van der Waals surface area contributed by atoms with Gasteiger partial charge in [0.2, 0.25) is 0 Å². The lowest BCUT2D eigenvalue weighted by Gasteiger charge is -2.17. The molecule has 0 aliphatic carbocycles. The van der Waals surface area contributed by atoms with Gasteiger partial charge in [-0.2, -0.15) is 0 Å². The highest BCUT2D eigenvalue weighted by Gasteiger charge is 2.15. The van der Waals surface area contributed by atoms with Crippen molar-refractivity contribution in [3.05, 3.63) is 119 Å². The van der Waals surface area contributed by atoms with E-state index in [2.05, 4.69) is 12.1 Å². The molecule has 0 unspecified atom stereocenters. The molecule has 4 heteroatoms. The molecule has 0 atom stereocenters. The zero-order chi connectivity index (χ0) is 23.9. The molecule has 0 aliphatic rings. The van der Waals surface area contributed by atoms with Crippen LogP contribution in [-0.2, 0) is 6.54 Å². The van der Waals surface area contributed by atoms with E-state index in [-0.39, 0.29) is 5.78 Å². The number of ether oxygens (including phenoxy) is 2. The van der Waals surface area contributed by atoms with Gasteiger partial charge in [-0.05, 0) is 68.9 Å². The normalized spacial score (nSPS) is 10.8. The summed E-state index contributed by atoms with van der Waals surface area (Å²) in [5.74, 6) is 2.47. The van der Waals surface area contributed by atoms with E-state index in [0.29, 0.717) is 41.7 Å². The summed E-state index contributed by atoms with van der Waals surface area (Å²) in [6.45, 7) is 5.07. The van der Waals surface area contributed by atoms with E-state index in [9.17, 15) is 4.79 Å². The van der Waals surface area contributed by atoms with Gasteiger partial charge in [0, 0.05) is 12.1 Å². The van der Waals surface area contributed by atoms with Crippen LogP contribution in [-0.4, -0.2) is 24.3 Å². The van der Waals surface area contributed by atoms with Gasteiger partial charge in [0.15, 0.2) is 17.3 Å². The van der Waals surface area contributed by atoms with Crippen molar-refractivity contribution in [1.82, 2.24) is 4.90 Å². The summed E-state index contributed by atoms with van der Waals surface area (Å²) in [5.41, 5.74) is 4.05. The molecule has 0 heterocycles. The SMILES string of the molecule is Cc1ccc(Oc2ccc(C(=O)CN(C)Cc3ccccc3)cc2Oc2ccc(C)cc2)cc1. The number of hydrogen-bond donors (Lipinski definition) is 0. The van der Waals surface area contributed by atoms with Crippen LogP contribution in [0.5, 0.6) is 23.0 Å². The number of carbonyl (C=O) groups is 1. The monoisotopic (exact) mass is 451 g/mol. The maximum Gasteiger partial charge on any atom is 0.176 e. The van der Waals surface area contributed by atoms with Gasteiger partial charge in [-0.1, -0.05) is 65.7 Å². The second-order valence-electron chi connectivity index (χ2n) is 8.57. The van der Waals surface area contributed by atoms with E-state index in [1.54, 1.807) is 18.2 Å². The Morgan fingerprint density at radius 3 is 1.85 bits per heavy atom. The summed E-state index contributed by atoms with van der Waals surface area (Å²) >= 11 is 0. The minimum Gasteiger partial charge on any atom is -0.453 e. The highest BCUT2D eigenvalue weighted by Crippen LogP contribution is 2.36. The molecule has 4 rings (SSSR count). The first-order chi connectivity index (χ1) is 16.5. The van der Waals surface area contributed by atoms with Gasteiger partial charge in [-0.15, -0.1) is 0 Å². The summed E-state index contributed by atoms with van der Waals surface area (Å²) in [6.07, 6.45) is 0. The van der Waals surface area contributed by atoms with Crippen LogP contribution in [0.2, 0.25) is 0 Å². The Morgan fingerprint density at radius 2 is 1.26 bits per heavy atom. The predicted molar refractivity (Wildman–Crippen MR) is 136 cm³/mol. The summed E-state index contributed by atoms with van der Waals surface area (Å²) in [6, 6.07) is 31.1. The summed E-state index contributed by atoms with van der Waals surface area (Å²) in [5, 5.41) is 0. The number of aryl methyl sites for hydroxylation is 2. The van der Waals surface area contributed by atoms with E-state index >= 15 is 0 Å². The van der Waals surface area contributed by atoms with E-state index in [1.807, 2.05) is 92.5 Å². The van der Waals surface area contributed by atoms with Crippen molar-refractivity contribution in [2.75, 3.05) is 13.6 Å². The second-order valence-corrected chi connectivity index (χ2v) is 8.57. The second kappa shape index (κ2) is 10.8. The predicted octanol–water partition coefficient (Wildman–Crippen LogP) is 7.20. The standard InChI is InChI=1S/C30H29NO3/c1-22-9-14-26(15-10-22)33-29-18-13-25(19-30(29)34-27-16-11-23(2)12-17-27)28(32)21-31(3)20-24-7-5-4-6-8-24/h4-19H,20-21H2,1-3H3. The Bertz CT molecular complexity index is 1230. The molecule has 0 saturated carbocycles. The van der Waals surface area contributed by atoms with E-state index in [4.69, 9.17) is 9.47 Å². The number of benzene rings is 4. The molecule has 172 valence electrons. The molecule has 0 bridgehead atoms. The van der Waals surface area contributed by atoms with Gasteiger partial charge in [-0.25, -0.2) is 0 Å². The molecule has 34 heavy (non-hydrogen) atoms. The number of ketones is 1. The van der Waals surface area contributed by atoms with Crippen LogP contribution < -0.4 is 9.47 Å². The first kappa shape index (κ1) is 23.3. The fourth-order valence-corrected chi connectivity index (χ4v) is 3.60. The van der Waals surface area contributed by atoms with E-state index < -0.39 is 0 Å². The van der Waals surface area contributed by atoms with Crippen molar-refractivity contribution in [3.8, 4) is 23.0 Å². The van der Waals surface area contributed by atoms with Crippen molar-refractivity contribution in [1.29, 1.82) is 0 Å². The van der Waals surface area contributed by atoms with Crippen LogP contribution in [0, 0.1) is 13.8 Å². The van der Waals surface area contributed by atoms with Gasteiger partial charge in [0.1, 0.15) is 11.5 Å². The lowest BCUT2D eigenvalue weighted by Crippen LogP contribution is -2.25. The Labute approximate surface area is 201 Å². The quantitative estimate of drug-likeness (QED) is 0.252. The van der Waals surface area contributed by atoms with Crippen LogP contribution >= 0.6 is 0 Å². The topological polar surface area (TPSA) is 38.8 Å².